The van der Waals surface area contributed by atoms with Crippen LogP contribution in [0.3, 0.4) is 0 Å². The van der Waals surface area contributed by atoms with Crippen molar-refractivity contribution in [1.82, 2.24) is 4.90 Å². The van der Waals surface area contributed by atoms with E-state index in [2.05, 4.69) is 0 Å². The van der Waals surface area contributed by atoms with E-state index in [1.54, 1.807) is 17.0 Å². The monoisotopic (exact) mass is 351 g/mol. The predicted molar refractivity (Wildman–Crippen MR) is 90.1 cm³/mol. The summed E-state index contributed by atoms with van der Waals surface area (Å²) in [6.45, 7) is 3.68. The summed E-state index contributed by atoms with van der Waals surface area (Å²) in [5, 5.41) is 10.2. The third-order valence-electron chi connectivity index (χ3n) is 5.18. The van der Waals surface area contributed by atoms with Gasteiger partial charge in [0, 0.05) is 30.6 Å². The van der Waals surface area contributed by atoms with Crippen LogP contribution in [-0.2, 0) is 14.3 Å². The second-order valence-corrected chi connectivity index (χ2v) is 7.47. The molecule has 5 nitrogen and oxygen atoms in total. The second-order valence-electron chi connectivity index (χ2n) is 7.03. The van der Waals surface area contributed by atoms with Crippen LogP contribution in [0.25, 0.3) is 0 Å². The Balaban J connectivity index is 1.81. The van der Waals surface area contributed by atoms with Gasteiger partial charge >= 0.3 is 5.97 Å². The summed E-state index contributed by atoms with van der Waals surface area (Å²) < 4.78 is 5.49. The van der Waals surface area contributed by atoms with E-state index in [1.165, 1.54) is 0 Å². The summed E-state index contributed by atoms with van der Waals surface area (Å²) in [6, 6.07) is 7.22. The molecule has 24 heavy (non-hydrogen) atoms. The predicted octanol–water partition coefficient (Wildman–Crippen LogP) is 2.78. The average molecular weight is 352 g/mol. The lowest BCUT2D eigenvalue weighted by Gasteiger charge is -2.35. The summed E-state index contributed by atoms with van der Waals surface area (Å²) in [6.07, 6.45) is 1.64. The molecule has 2 heterocycles. The lowest BCUT2D eigenvalue weighted by atomic mass is 9.83. The van der Waals surface area contributed by atoms with Crippen LogP contribution in [0.4, 0.5) is 0 Å². The van der Waals surface area contributed by atoms with Crippen molar-refractivity contribution in [2.75, 3.05) is 26.3 Å². The molecule has 2 aliphatic heterocycles. The molecule has 3 atom stereocenters. The Morgan fingerprint density at radius 3 is 2.58 bits per heavy atom. The zero-order chi connectivity index (χ0) is 17.3. The molecule has 0 aromatic heterocycles. The molecule has 0 bridgehead atoms. The number of halogens is 1. The number of carbonyl (C=O) groups excluding carboxylic acids is 1. The fourth-order valence-corrected chi connectivity index (χ4v) is 3.88. The highest BCUT2D eigenvalue weighted by Crippen LogP contribution is 2.37. The van der Waals surface area contributed by atoms with E-state index in [0.717, 1.165) is 18.4 Å². The number of carboxylic acid groups (broad SMARTS) is 1. The summed E-state index contributed by atoms with van der Waals surface area (Å²) in [5.74, 6) is -1.67. The summed E-state index contributed by atoms with van der Waals surface area (Å²) in [7, 11) is 0. The molecule has 2 fully saturated rings. The molecule has 2 aliphatic rings. The van der Waals surface area contributed by atoms with Crippen molar-refractivity contribution in [2.45, 2.75) is 25.7 Å². The van der Waals surface area contributed by atoms with Gasteiger partial charge in [-0.1, -0.05) is 23.7 Å². The lowest BCUT2D eigenvalue weighted by molar-refractivity contribution is -0.148. The van der Waals surface area contributed by atoms with E-state index >= 15 is 0 Å². The molecular formula is C18H22ClNO4. The highest BCUT2D eigenvalue weighted by Gasteiger charge is 2.46. The topological polar surface area (TPSA) is 66.8 Å². The summed E-state index contributed by atoms with van der Waals surface area (Å²) in [5.41, 5.74) is 0.364. The van der Waals surface area contributed by atoms with Crippen LogP contribution >= 0.6 is 11.6 Å². The lowest BCUT2D eigenvalue weighted by Crippen LogP contribution is -2.46. The number of carbonyl (C=O) groups is 2. The van der Waals surface area contributed by atoms with E-state index < -0.39 is 17.3 Å². The molecule has 2 saturated heterocycles. The van der Waals surface area contributed by atoms with Crippen LogP contribution < -0.4 is 0 Å². The van der Waals surface area contributed by atoms with Gasteiger partial charge in [-0.2, -0.15) is 0 Å². The van der Waals surface area contributed by atoms with Crippen molar-refractivity contribution >= 4 is 23.5 Å². The maximum Gasteiger partial charge on any atom is 0.308 e. The van der Waals surface area contributed by atoms with Crippen LogP contribution in [0.1, 0.15) is 31.2 Å². The zero-order valence-electron chi connectivity index (χ0n) is 13.7. The number of ether oxygens (including phenoxy) is 1. The van der Waals surface area contributed by atoms with Crippen LogP contribution in [0.15, 0.2) is 24.3 Å². The van der Waals surface area contributed by atoms with Gasteiger partial charge in [-0.05, 0) is 37.5 Å². The number of amides is 1. The average Bonchev–Trinajstić information content (AvgIpc) is 3.01. The van der Waals surface area contributed by atoms with Gasteiger partial charge in [-0.3, -0.25) is 9.59 Å². The molecule has 1 aromatic carbocycles. The fraction of sp³-hybridized carbons (Fsp3) is 0.556. The fourth-order valence-electron chi connectivity index (χ4n) is 3.75. The first-order chi connectivity index (χ1) is 11.4. The first kappa shape index (κ1) is 17.2. The minimum Gasteiger partial charge on any atom is -0.481 e. The van der Waals surface area contributed by atoms with Crippen molar-refractivity contribution < 1.29 is 19.4 Å². The highest BCUT2D eigenvalue weighted by atomic mass is 35.5. The third kappa shape index (κ3) is 3.28. The number of hydrogen-bond donors (Lipinski definition) is 1. The maximum atomic E-state index is 13.0. The normalized spacial score (nSPS) is 30.3. The number of benzene rings is 1. The van der Waals surface area contributed by atoms with E-state index in [1.807, 2.05) is 19.1 Å². The quantitative estimate of drug-likeness (QED) is 0.909. The Kier molecular flexibility index (Phi) is 4.83. The van der Waals surface area contributed by atoms with Crippen molar-refractivity contribution in [2.24, 2.45) is 11.3 Å². The number of likely N-dealkylation sites (tertiary alicyclic amines) is 1. The van der Waals surface area contributed by atoms with E-state index in [4.69, 9.17) is 16.3 Å². The van der Waals surface area contributed by atoms with Crippen LogP contribution in [0.5, 0.6) is 0 Å². The van der Waals surface area contributed by atoms with Crippen LogP contribution in [0.2, 0.25) is 5.02 Å². The number of nitrogens with zero attached hydrogens (tertiary/aromatic N) is 1. The molecule has 1 aromatic rings. The van der Waals surface area contributed by atoms with Gasteiger partial charge in [0.1, 0.15) is 0 Å². The van der Waals surface area contributed by atoms with Gasteiger partial charge in [0.05, 0.1) is 17.9 Å². The molecule has 3 rings (SSSR count). The number of hydrogen-bond acceptors (Lipinski definition) is 3. The molecule has 0 aliphatic carbocycles. The molecule has 0 spiro atoms. The number of rotatable bonds is 3. The number of aliphatic carboxylic acids is 1. The van der Waals surface area contributed by atoms with Gasteiger partial charge in [-0.15, -0.1) is 0 Å². The van der Waals surface area contributed by atoms with E-state index in [-0.39, 0.29) is 18.4 Å². The smallest absolute Gasteiger partial charge is 0.308 e. The number of carboxylic acids is 1. The Bertz CT molecular complexity index is 624. The molecule has 0 saturated carbocycles. The second kappa shape index (κ2) is 6.73. The van der Waals surface area contributed by atoms with Gasteiger partial charge < -0.3 is 14.7 Å². The Hall–Kier alpha value is -1.59. The van der Waals surface area contributed by atoms with Gasteiger partial charge in [0.15, 0.2) is 0 Å². The molecule has 0 radical (unpaired) electrons. The summed E-state index contributed by atoms with van der Waals surface area (Å²) >= 11 is 5.92. The Morgan fingerprint density at radius 1 is 1.29 bits per heavy atom. The maximum absolute atomic E-state index is 13.0. The Labute approximate surface area is 146 Å². The van der Waals surface area contributed by atoms with Crippen molar-refractivity contribution in [3.05, 3.63) is 34.9 Å². The Morgan fingerprint density at radius 2 is 2.00 bits per heavy atom. The first-order valence-corrected chi connectivity index (χ1v) is 8.64. The molecule has 1 unspecified atom stereocenters. The highest BCUT2D eigenvalue weighted by molar-refractivity contribution is 6.30. The molecule has 1 amide bonds. The molecule has 130 valence electrons. The van der Waals surface area contributed by atoms with Gasteiger partial charge in [0.2, 0.25) is 5.91 Å². The van der Waals surface area contributed by atoms with Gasteiger partial charge in [0.25, 0.3) is 0 Å². The van der Waals surface area contributed by atoms with Crippen molar-refractivity contribution in [3.8, 4) is 0 Å². The van der Waals surface area contributed by atoms with Crippen molar-refractivity contribution in [1.29, 1.82) is 0 Å². The standard InChI is InChI=1S/C18H22ClNO4/c1-18(7-2-8-24-11-18)17(23)20-9-14(15(10-20)16(21)22)12-3-5-13(19)6-4-12/h3-6,14-15H,2,7-11H2,1H3,(H,21,22)/t14-,15+,18?/m0/s1. The minimum absolute atomic E-state index is 0.00455. The molecule has 6 heteroatoms. The van der Waals surface area contributed by atoms with E-state index in [0.29, 0.717) is 24.8 Å². The molecule has 1 N–H and O–H groups in total. The SMILES string of the molecule is CC1(C(=O)N2C[C@@H](C(=O)O)[C@H](c3ccc(Cl)cc3)C2)CCCOC1. The largest absolute Gasteiger partial charge is 0.481 e. The third-order valence-corrected chi connectivity index (χ3v) is 5.43. The first-order valence-electron chi connectivity index (χ1n) is 8.26. The minimum atomic E-state index is -0.865. The van der Waals surface area contributed by atoms with Crippen LogP contribution in [0, 0.1) is 11.3 Å². The summed E-state index contributed by atoms with van der Waals surface area (Å²) in [4.78, 5) is 26.3. The van der Waals surface area contributed by atoms with Crippen LogP contribution in [-0.4, -0.2) is 48.2 Å². The van der Waals surface area contributed by atoms with Gasteiger partial charge in [-0.25, -0.2) is 0 Å². The zero-order valence-corrected chi connectivity index (χ0v) is 14.5. The van der Waals surface area contributed by atoms with Crippen molar-refractivity contribution in [3.63, 3.8) is 0 Å². The molecular weight excluding hydrogens is 330 g/mol. The van der Waals surface area contributed by atoms with E-state index in [9.17, 15) is 14.7 Å².